The molecule has 2 rings (SSSR count). The third-order valence-electron chi connectivity index (χ3n) is 2.18. The third kappa shape index (κ3) is 2.05. The van der Waals surface area contributed by atoms with Crippen LogP contribution in [0.2, 0.25) is 0 Å². The van der Waals surface area contributed by atoms with E-state index >= 15 is 0 Å². The number of aromatic hydroxyl groups is 1. The van der Waals surface area contributed by atoms with E-state index in [-0.39, 0.29) is 12.5 Å². The van der Waals surface area contributed by atoms with Gasteiger partial charge in [-0.2, -0.15) is 0 Å². The highest BCUT2D eigenvalue weighted by Gasteiger charge is 2.16. The van der Waals surface area contributed by atoms with E-state index in [1.807, 2.05) is 0 Å². The lowest BCUT2D eigenvalue weighted by Gasteiger charge is -2.06. The van der Waals surface area contributed by atoms with Crippen molar-refractivity contribution in [1.29, 1.82) is 0 Å². The molecule has 0 atom stereocenters. The molecule has 1 aliphatic heterocycles. The number of phenolic OH excluding ortho intramolecular Hbond substituents is 1. The molecule has 0 fully saturated rings. The van der Waals surface area contributed by atoms with Gasteiger partial charge in [0.15, 0.2) is 11.5 Å². The second-order valence-electron chi connectivity index (χ2n) is 3.25. The molecular weight excluding hydrogens is 194 g/mol. The van der Waals surface area contributed by atoms with Crippen LogP contribution < -0.4 is 14.8 Å². The van der Waals surface area contributed by atoms with Gasteiger partial charge in [-0.3, -0.25) is 0 Å². The lowest BCUT2D eigenvalue weighted by atomic mass is 10.1. The predicted octanol–water partition coefficient (Wildman–Crippen LogP) is 1.40. The van der Waals surface area contributed by atoms with Crippen molar-refractivity contribution in [3.63, 3.8) is 0 Å². The maximum atomic E-state index is 9.67. The molecular formula is C11H13NO3. The fraction of sp³-hybridized carbons (Fsp3) is 0.273. The molecule has 15 heavy (non-hydrogen) atoms. The van der Waals surface area contributed by atoms with Crippen molar-refractivity contribution in [2.75, 3.05) is 13.3 Å². The summed E-state index contributed by atoms with van der Waals surface area (Å²) in [6.07, 6.45) is 1.77. The van der Waals surface area contributed by atoms with E-state index in [0.29, 0.717) is 24.6 Å². The average Bonchev–Trinajstić information content (AvgIpc) is 2.65. The van der Waals surface area contributed by atoms with E-state index in [0.717, 1.165) is 5.56 Å². The van der Waals surface area contributed by atoms with Gasteiger partial charge in [-0.25, -0.2) is 0 Å². The number of benzene rings is 1. The van der Waals surface area contributed by atoms with Crippen molar-refractivity contribution in [2.24, 2.45) is 0 Å². The standard InChI is InChI=1S/C11H13NO3/c1-2-3-12-6-8-4-10-11(5-9(8)13)15-7-14-10/h2,4-5,12-13H,1,3,6-7H2. The van der Waals surface area contributed by atoms with Gasteiger partial charge >= 0.3 is 0 Å². The fourth-order valence-electron chi connectivity index (χ4n) is 1.42. The number of ether oxygens (including phenoxy) is 2. The first-order valence-electron chi connectivity index (χ1n) is 4.74. The number of rotatable bonds is 4. The summed E-state index contributed by atoms with van der Waals surface area (Å²) in [5.41, 5.74) is 0.793. The second kappa shape index (κ2) is 4.23. The molecule has 0 amide bonds. The maximum absolute atomic E-state index is 9.67. The van der Waals surface area contributed by atoms with Crippen LogP contribution in [0, 0.1) is 0 Å². The first-order chi connectivity index (χ1) is 7.31. The van der Waals surface area contributed by atoms with Crippen LogP contribution in [-0.2, 0) is 6.54 Å². The van der Waals surface area contributed by atoms with E-state index in [1.54, 1.807) is 18.2 Å². The lowest BCUT2D eigenvalue weighted by molar-refractivity contribution is 0.174. The zero-order valence-corrected chi connectivity index (χ0v) is 8.32. The molecule has 4 heteroatoms. The Labute approximate surface area is 88.1 Å². The van der Waals surface area contributed by atoms with Gasteiger partial charge in [-0.1, -0.05) is 6.08 Å². The van der Waals surface area contributed by atoms with Crippen molar-refractivity contribution in [3.8, 4) is 17.2 Å². The molecule has 0 unspecified atom stereocenters. The molecule has 1 aromatic carbocycles. The van der Waals surface area contributed by atoms with Gasteiger partial charge in [-0.05, 0) is 6.07 Å². The number of nitrogens with one attached hydrogen (secondary N) is 1. The number of hydrogen-bond acceptors (Lipinski definition) is 4. The lowest BCUT2D eigenvalue weighted by Crippen LogP contribution is -2.12. The van der Waals surface area contributed by atoms with Crippen LogP contribution in [0.5, 0.6) is 17.2 Å². The molecule has 0 bridgehead atoms. The molecule has 0 saturated carbocycles. The normalized spacial score (nSPS) is 12.8. The zero-order chi connectivity index (χ0) is 10.7. The van der Waals surface area contributed by atoms with Crippen LogP contribution in [0.4, 0.5) is 0 Å². The number of fused-ring (bicyclic) bond motifs is 1. The molecule has 2 N–H and O–H groups in total. The van der Waals surface area contributed by atoms with E-state index in [4.69, 9.17) is 9.47 Å². The summed E-state index contributed by atoms with van der Waals surface area (Å²) in [7, 11) is 0. The Morgan fingerprint density at radius 1 is 1.40 bits per heavy atom. The minimum Gasteiger partial charge on any atom is -0.507 e. The third-order valence-corrected chi connectivity index (χ3v) is 2.18. The van der Waals surface area contributed by atoms with Gasteiger partial charge in [0.25, 0.3) is 0 Å². The van der Waals surface area contributed by atoms with Gasteiger partial charge in [0.05, 0.1) is 0 Å². The van der Waals surface area contributed by atoms with Gasteiger partial charge in [0.1, 0.15) is 5.75 Å². The molecule has 1 heterocycles. The smallest absolute Gasteiger partial charge is 0.231 e. The van der Waals surface area contributed by atoms with Crippen molar-refractivity contribution in [2.45, 2.75) is 6.54 Å². The first-order valence-corrected chi connectivity index (χ1v) is 4.74. The van der Waals surface area contributed by atoms with Crippen LogP contribution in [0.25, 0.3) is 0 Å². The van der Waals surface area contributed by atoms with Crippen LogP contribution in [0.3, 0.4) is 0 Å². The largest absolute Gasteiger partial charge is 0.507 e. The Bertz CT molecular complexity index is 376. The van der Waals surface area contributed by atoms with Gasteiger partial charge in [0, 0.05) is 24.7 Å². The molecule has 1 aliphatic rings. The Morgan fingerprint density at radius 2 is 2.13 bits per heavy atom. The topological polar surface area (TPSA) is 50.7 Å². The molecule has 0 radical (unpaired) electrons. The van der Waals surface area contributed by atoms with Crippen LogP contribution in [0.15, 0.2) is 24.8 Å². The predicted molar refractivity (Wildman–Crippen MR) is 56.1 cm³/mol. The van der Waals surface area contributed by atoms with Crippen molar-refractivity contribution >= 4 is 0 Å². The number of hydrogen-bond donors (Lipinski definition) is 2. The van der Waals surface area contributed by atoms with Crippen molar-refractivity contribution in [3.05, 3.63) is 30.4 Å². The van der Waals surface area contributed by atoms with Gasteiger partial charge in [0.2, 0.25) is 6.79 Å². The summed E-state index contributed by atoms with van der Waals surface area (Å²) in [6.45, 7) is 5.10. The van der Waals surface area contributed by atoms with Crippen LogP contribution in [0.1, 0.15) is 5.56 Å². The van der Waals surface area contributed by atoms with Crippen molar-refractivity contribution in [1.82, 2.24) is 5.32 Å². The summed E-state index contributed by atoms with van der Waals surface area (Å²) in [5, 5.41) is 12.8. The molecule has 0 saturated heterocycles. The van der Waals surface area contributed by atoms with Gasteiger partial charge < -0.3 is 19.9 Å². The maximum Gasteiger partial charge on any atom is 0.231 e. The number of phenols is 1. The van der Waals surface area contributed by atoms with E-state index in [2.05, 4.69) is 11.9 Å². The highest BCUT2D eigenvalue weighted by atomic mass is 16.7. The Balaban J connectivity index is 2.13. The Hall–Kier alpha value is -1.68. The Kier molecular flexibility index (Phi) is 2.78. The van der Waals surface area contributed by atoms with E-state index < -0.39 is 0 Å². The molecule has 4 nitrogen and oxygen atoms in total. The SMILES string of the molecule is C=CCNCc1cc2c(cc1O)OCO2. The fourth-order valence-corrected chi connectivity index (χ4v) is 1.42. The summed E-state index contributed by atoms with van der Waals surface area (Å²) < 4.78 is 10.4. The minimum atomic E-state index is 0.218. The molecule has 0 aromatic heterocycles. The van der Waals surface area contributed by atoms with Gasteiger partial charge in [-0.15, -0.1) is 6.58 Å². The second-order valence-corrected chi connectivity index (χ2v) is 3.25. The highest BCUT2D eigenvalue weighted by molar-refractivity contribution is 5.51. The summed E-state index contributed by atoms with van der Waals surface area (Å²) in [4.78, 5) is 0. The Morgan fingerprint density at radius 3 is 2.87 bits per heavy atom. The quantitative estimate of drug-likeness (QED) is 0.578. The molecule has 1 aromatic rings. The molecule has 80 valence electrons. The van der Waals surface area contributed by atoms with Crippen molar-refractivity contribution < 1.29 is 14.6 Å². The highest BCUT2D eigenvalue weighted by Crippen LogP contribution is 2.37. The van der Waals surface area contributed by atoms with E-state index in [1.165, 1.54) is 0 Å². The molecule has 0 spiro atoms. The van der Waals surface area contributed by atoms with Crippen LogP contribution in [-0.4, -0.2) is 18.4 Å². The average molecular weight is 207 g/mol. The first kappa shape index (κ1) is 9.86. The summed E-state index contributed by atoms with van der Waals surface area (Å²) >= 11 is 0. The summed E-state index contributed by atoms with van der Waals surface area (Å²) in [6, 6.07) is 3.36. The zero-order valence-electron chi connectivity index (χ0n) is 8.32. The monoisotopic (exact) mass is 207 g/mol. The minimum absolute atomic E-state index is 0.218. The van der Waals surface area contributed by atoms with E-state index in [9.17, 15) is 5.11 Å². The summed E-state index contributed by atoms with van der Waals surface area (Å²) in [5.74, 6) is 1.50. The van der Waals surface area contributed by atoms with Crippen LogP contribution >= 0.6 is 0 Å². The molecule has 0 aliphatic carbocycles.